The SMILES string of the molecule is CN(C)c1cccc(OC2(CCNC3CC3)CCC2)c1. The summed E-state index contributed by atoms with van der Waals surface area (Å²) in [5, 5.41) is 3.61. The highest BCUT2D eigenvalue weighted by molar-refractivity contribution is 5.49. The number of hydrogen-bond donors (Lipinski definition) is 1. The predicted octanol–water partition coefficient (Wildman–Crippen LogP) is 3.20. The van der Waals surface area contributed by atoms with Gasteiger partial charge in [-0.05, 0) is 57.2 Å². The molecule has 0 aromatic heterocycles. The Morgan fingerprint density at radius 3 is 2.70 bits per heavy atom. The summed E-state index contributed by atoms with van der Waals surface area (Å²) in [6, 6.07) is 9.23. The van der Waals surface area contributed by atoms with E-state index in [0.29, 0.717) is 0 Å². The summed E-state index contributed by atoms with van der Waals surface area (Å²) in [7, 11) is 4.13. The van der Waals surface area contributed by atoms with Crippen LogP contribution < -0.4 is 15.0 Å². The Labute approximate surface area is 122 Å². The second kappa shape index (κ2) is 5.65. The van der Waals surface area contributed by atoms with Crippen molar-refractivity contribution >= 4 is 5.69 Å². The molecule has 0 radical (unpaired) electrons. The van der Waals surface area contributed by atoms with Gasteiger partial charge < -0.3 is 15.0 Å². The van der Waals surface area contributed by atoms with Crippen molar-refractivity contribution in [2.45, 2.75) is 50.2 Å². The minimum atomic E-state index is 0.0901. The lowest BCUT2D eigenvalue weighted by Gasteiger charge is -2.42. The van der Waals surface area contributed by atoms with Crippen molar-refractivity contribution in [2.75, 3.05) is 25.5 Å². The van der Waals surface area contributed by atoms with Gasteiger partial charge in [0.1, 0.15) is 11.4 Å². The van der Waals surface area contributed by atoms with Crippen molar-refractivity contribution in [2.24, 2.45) is 0 Å². The Hall–Kier alpha value is -1.22. The Morgan fingerprint density at radius 2 is 2.10 bits per heavy atom. The second-order valence-corrected chi connectivity index (χ2v) is 6.51. The van der Waals surface area contributed by atoms with Gasteiger partial charge in [0.25, 0.3) is 0 Å². The number of hydrogen-bond acceptors (Lipinski definition) is 3. The second-order valence-electron chi connectivity index (χ2n) is 6.51. The molecule has 3 heteroatoms. The average Bonchev–Trinajstić information content (AvgIpc) is 3.20. The molecule has 0 aliphatic heterocycles. The number of nitrogens with zero attached hydrogens (tertiary/aromatic N) is 1. The summed E-state index contributed by atoms with van der Waals surface area (Å²) >= 11 is 0. The molecule has 3 nitrogen and oxygen atoms in total. The fourth-order valence-corrected chi connectivity index (χ4v) is 2.84. The summed E-state index contributed by atoms with van der Waals surface area (Å²) < 4.78 is 6.36. The highest BCUT2D eigenvalue weighted by Gasteiger charge is 2.39. The summed E-state index contributed by atoms with van der Waals surface area (Å²) in [6.45, 7) is 1.10. The molecule has 1 N–H and O–H groups in total. The van der Waals surface area contributed by atoms with E-state index in [-0.39, 0.29) is 5.60 Å². The summed E-state index contributed by atoms with van der Waals surface area (Å²) in [4.78, 5) is 2.12. The van der Waals surface area contributed by atoms with Crippen LogP contribution in [0.2, 0.25) is 0 Å². The Morgan fingerprint density at radius 1 is 1.30 bits per heavy atom. The van der Waals surface area contributed by atoms with Crippen molar-refractivity contribution in [1.82, 2.24) is 5.32 Å². The van der Waals surface area contributed by atoms with Gasteiger partial charge in [0.05, 0.1) is 0 Å². The normalized spacial score (nSPS) is 20.3. The first kappa shape index (κ1) is 13.7. The van der Waals surface area contributed by atoms with E-state index < -0.39 is 0 Å². The first-order valence-electron chi connectivity index (χ1n) is 7.87. The molecule has 0 heterocycles. The van der Waals surface area contributed by atoms with Crippen molar-refractivity contribution in [3.05, 3.63) is 24.3 Å². The van der Waals surface area contributed by atoms with E-state index >= 15 is 0 Å². The molecule has 0 saturated heterocycles. The first-order chi connectivity index (χ1) is 9.67. The largest absolute Gasteiger partial charge is 0.487 e. The van der Waals surface area contributed by atoms with Crippen LogP contribution in [0.25, 0.3) is 0 Å². The van der Waals surface area contributed by atoms with Crippen LogP contribution in [-0.4, -0.2) is 32.3 Å². The quantitative estimate of drug-likeness (QED) is 0.826. The lowest BCUT2D eigenvalue weighted by molar-refractivity contribution is -0.0142. The molecule has 0 atom stereocenters. The topological polar surface area (TPSA) is 24.5 Å². The van der Waals surface area contributed by atoms with E-state index in [1.165, 1.54) is 37.8 Å². The van der Waals surface area contributed by atoms with E-state index in [1.54, 1.807) is 0 Å². The summed E-state index contributed by atoms with van der Waals surface area (Å²) in [5.74, 6) is 1.02. The zero-order chi connectivity index (χ0) is 14.0. The molecule has 1 aromatic carbocycles. The highest BCUT2D eigenvalue weighted by Crippen LogP contribution is 2.40. The molecule has 20 heavy (non-hydrogen) atoms. The van der Waals surface area contributed by atoms with Crippen LogP contribution in [0.3, 0.4) is 0 Å². The Balaban J connectivity index is 1.59. The maximum atomic E-state index is 6.36. The molecule has 0 spiro atoms. The lowest BCUT2D eigenvalue weighted by atomic mass is 9.77. The van der Waals surface area contributed by atoms with Gasteiger partial charge >= 0.3 is 0 Å². The van der Waals surface area contributed by atoms with Crippen LogP contribution in [0.5, 0.6) is 5.75 Å². The number of rotatable bonds is 7. The molecule has 110 valence electrons. The third kappa shape index (κ3) is 3.26. The molecular formula is C17H26N2O. The van der Waals surface area contributed by atoms with Crippen LogP contribution in [0.1, 0.15) is 38.5 Å². The monoisotopic (exact) mass is 274 g/mol. The Kier molecular flexibility index (Phi) is 3.88. The number of nitrogens with one attached hydrogen (secondary N) is 1. The minimum absolute atomic E-state index is 0.0901. The van der Waals surface area contributed by atoms with Gasteiger partial charge in [-0.1, -0.05) is 6.07 Å². The maximum Gasteiger partial charge on any atom is 0.122 e. The predicted molar refractivity (Wildman–Crippen MR) is 83.6 cm³/mol. The van der Waals surface area contributed by atoms with E-state index in [0.717, 1.165) is 24.8 Å². The molecule has 1 aromatic rings. The van der Waals surface area contributed by atoms with Gasteiger partial charge in [-0.15, -0.1) is 0 Å². The van der Waals surface area contributed by atoms with Crippen molar-refractivity contribution in [3.63, 3.8) is 0 Å². The molecule has 3 rings (SSSR count). The molecule has 2 fully saturated rings. The molecule has 2 aliphatic rings. The van der Waals surface area contributed by atoms with Crippen LogP contribution >= 0.6 is 0 Å². The van der Waals surface area contributed by atoms with E-state index in [4.69, 9.17) is 4.74 Å². The van der Waals surface area contributed by atoms with Crippen molar-refractivity contribution in [3.8, 4) is 5.75 Å². The number of anilines is 1. The molecule has 2 aliphatic carbocycles. The van der Waals surface area contributed by atoms with Gasteiger partial charge in [-0.25, -0.2) is 0 Å². The van der Waals surface area contributed by atoms with Gasteiger partial charge in [0, 0.05) is 31.9 Å². The smallest absolute Gasteiger partial charge is 0.122 e. The fraction of sp³-hybridized carbons (Fsp3) is 0.647. The highest BCUT2D eigenvalue weighted by atomic mass is 16.5. The fourth-order valence-electron chi connectivity index (χ4n) is 2.84. The first-order valence-corrected chi connectivity index (χ1v) is 7.87. The lowest BCUT2D eigenvalue weighted by Crippen LogP contribution is -2.45. The van der Waals surface area contributed by atoms with Gasteiger partial charge in [0.2, 0.25) is 0 Å². The van der Waals surface area contributed by atoms with E-state index in [9.17, 15) is 0 Å². The molecular weight excluding hydrogens is 248 g/mol. The summed E-state index contributed by atoms with van der Waals surface area (Å²) in [5.41, 5.74) is 1.29. The number of ether oxygens (including phenoxy) is 1. The molecule has 0 amide bonds. The molecule has 0 unspecified atom stereocenters. The van der Waals surface area contributed by atoms with Crippen molar-refractivity contribution < 1.29 is 4.74 Å². The van der Waals surface area contributed by atoms with Crippen LogP contribution in [0.4, 0.5) is 5.69 Å². The Bertz CT molecular complexity index is 450. The maximum absolute atomic E-state index is 6.36. The van der Waals surface area contributed by atoms with Gasteiger partial charge in [-0.2, -0.15) is 0 Å². The van der Waals surface area contributed by atoms with Crippen LogP contribution in [-0.2, 0) is 0 Å². The van der Waals surface area contributed by atoms with Crippen molar-refractivity contribution in [1.29, 1.82) is 0 Å². The average molecular weight is 274 g/mol. The standard InChI is InChI=1S/C17H26N2O/c1-19(2)15-5-3-6-16(13-15)20-17(9-4-10-17)11-12-18-14-7-8-14/h3,5-6,13-14,18H,4,7-12H2,1-2H3. The molecule has 0 bridgehead atoms. The zero-order valence-electron chi connectivity index (χ0n) is 12.7. The third-order valence-electron chi connectivity index (χ3n) is 4.52. The number of benzene rings is 1. The van der Waals surface area contributed by atoms with E-state index in [2.05, 4.69) is 48.6 Å². The van der Waals surface area contributed by atoms with Crippen LogP contribution in [0.15, 0.2) is 24.3 Å². The van der Waals surface area contributed by atoms with Gasteiger partial charge in [0.15, 0.2) is 0 Å². The van der Waals surface area contributed by atoms with Gasteiger partial charge in [-0.3, -0.25) is 0 Å². The minimum Gasteiger partial charge on any atom is -0.487 e. The third-order valence-corrected chi connectivity index (χ3v) is 4.52. The summed E-state index contributed by atoms with van der Waals surface area (Å²) in [6.07, 6.45) is 7.56. The molecule has 2 saturated carbocycles. The zero-order valence-corrected chi connectivity index (χ0v) is 12.7. The van der Waals surface area contributed by atoms with E-state index in [1.807, 2.05) is 0 Å². The van der Waals surface area contributed by atoms with Crippen LogP contribution in [0, 0.1) is 0 Å².